The van der Waals surface area contributed by atoms with Crippen molar-refractivity contribution in [2.75, 3.05) is 13.2 Å². The molecule has 5 heteroatoms. The molecule has 0 radical (unpaired) electrons. The van der Waals surface area contributed by atoms with Crippen molar-refractivity contribution in [1.29, 1.82) is 0 Å². The van der Waals surface area contributed by atoms with Crippen molar-refractivity contribution in [3.63, 3.8) is 0 Å². The van der Waals surface area contributed by atoms with Crippen LogP contribution in [0.15, 0.2) is 12.1 Å². The molecule has 3 N–H and O–H groups in total. The van der Waals surface area contributed by atoms with Gasteiger partial charge in [-0.2, -0.15) is 0 Å². The van der Waals surface area contributed by atoms with Gasteiger partial charge in [0.1, 0.15) is 17.5 Å². The summed E-state index contributed by atoms with van der Waals surface area (Å²) in [5.41, 5.74) is 3.72. The highest BCUT2D eigenvalue weighted by Gasteiger charge is 2.31. The lowest BCUT2D eigenvalue weighted by Crippen LogP contribution is -2.37. The number of benzene rings is 1. The fourth-order valence-electron chi connectivity index (χ4n) is 1.36. The first-order valence-electron chi connectivity index (χ1n) is 4.40. The van der Waals surface area contributed by atoms with E-state index in [9.17, 15) is 13.2 Å². The van der Waals surface area contributed by atoms with E-state index in [0.717, 1.165) is 0 Å². The van der Waals surface area contributed by atoms with Gasteiger partial charge in [-0.05, 0) is 0 Å². The minimum atomic E-state index is -1.23. The van der Waals surface area contributed by atoms with E-state index in [1.54, 1.807) is 0 Å². The van der Waals surface area contributed by atoms with E-state index in [2.05, 4.69) is 0 Å². The summed E-state index contributed by atoms with van der Waals surface area (Å²) in [6, 6.07) is 1.14. The van der Waals surface area contributed by atoms with Gasteiger partial charge in [0.05, 0.1) is 6.61 Å². The average Bonchev–Trinajstić information content (AvgIpc) is 2.15. The molecule has 0 aliphatic rings. The predicted molar refractivity (Wildman–Crippen MR) is 49.8 cm³/mol. The van der Waals surface area contributed by atoms with Gasteiger partial charge in [-0.1, -0.05) is 6.92 Å². The van der Waals surface area contributed by atoms with E-state index < -0.39 is 29.5 Å². The van der Waals surface area contributed by atoms with Crippen molar-refractivity contribution in [2.24, 2.45) is 5.73 Å². The Hall–Kier alpha value is -1.07. The van der Waals surface area contributed by atoms with Crippen molar-refractivity contribution < 1.29 is 18.3 Å². The van der Waals surface area contributed by atoms with Crippen LogP contribution in [0.5, 0.6) is 0 Å². The van der Waals surface area contributed by atoms with Crippen LogP contribution in [-0.2, 0) is 5.41 Å². The van der Waals surface area contributed by atoms with Crippen LogP contribution in [0, 0.1) is 17.5 Å². The van der Waals surface area contributed by atoms with Crippen LogP contribution in [0.3, 0.4) is 0 Å². The van der Waals surface area contributed by atoms with Crippen molar-refractivity contribution in [3.8, 4) is 0 Å². The maximum atomic E-state index is 13.3. The van der Waals surface area contributed by atoms with Crippen LogP contribution in [0.2, 0.25) is 0 Å². The second-order valence-electron chi connectivity index (χ2n) is 3.67. The van der Waals surface area contributed by atoms with Gasteiger partial charge in [0.15, 0.2) is 0 Å². The zero-order valence-corrected chi connectivity index (χ0v) is 8.23. The summed E-state index contributed by atoms with van der Waals surface area (Å²) < 4.78 is 39.3. The third-order valence-electron chi connectivity index (χ3n) is 2.41. The smallest absolute Gasteiger partial charge is 0.132 e. The summed E-state index contributed by atoms with van der Waals surface area (Å²) in [5, 5.41) is 9.05. The Labute approximate surface area is 85.5 Å². The highest BCUT2D eigenvalue weighted by atomic mass is 19.1. The fraction of sp³-hybridized carbons (Fsp3) is 0.400. The average molecular weight is 219 g/mol. The van der Waals surface area contributed by atoms with Crippen LogP contribution < -0.4 is 5.73 Å². The first-order chi connectivity index (χ1) is 6.94. The van der Waals surface area contributed by atoms with Gasteiger partial charge in [0.25, 0.3) is 0 Å². The van der Waals surface area contributed by atoms with Gasteiger partial charge in [-0.25, -0.2) is 13.2 Å². The molecule has 1 unspecified atom stereocenters. The molecule has 15 heavy (non-hydrogen) atoms. The lowest BCUT2D eigenvalue weighted by atomic mass is 9.82. The Bertz CT molecular complexity index is 341. The summed E-state index contributed by atoms with van der Waals surface area (Å²) in [4.78, 5) is 0. The minimum absolute atomic E-state index is 0.136. The number of hydrogen-bond donors (Lipinski definition) is 2. The van der Waals surface area contributed by atoms with Gasteiger partial charge < -0.3 is 10.8 Å². The second kappa shape index (κ2) is 4.20. The van der Waals surface area contributed by atoms with Crippen molar-refractivity contribution in [2.45, 2.75) is 12.3 Å². The third kappa shape index (κ3) is 2.13. The fourth-order valence-corrected chi connectivity index (χ4v) is 1.36. The van der Waals surface area contributed by atoms with Crippen molar-refractivity contribution in [3.05, 3.63) is 35.1 Å². The Balaban J connectivity index is 3.36. The van der Waals surface area contributed by atoms with Gasteiger partial charge in [0, 0.05) is 29.7 Å². The number of rotatable bonds is 3. The number of halogens is 3. The molecule has 0 saturated heterocycles. The van der Waals surface area contributed by atoms with Gasteiger partial charge in [0.2, 0.25) is 0 Å². The van der Waals surface area contributed by atoms with Crippen LogP contribution in [0.25, 0.3) is 0 Å². The number of hydrogen-bond acceptors (Lipinski definition) is 2. The van der Waals surface area contributed by atoms with E-state index in [1.807, 2.05) is 0 Å². The third-order valence-corrected chi connectivity index (χ3v) is 2.41. The zero-order chi connectivity index (χ0) is 11.6. The monoisotopic (exact) mass is 219 g/mol. The molecule has 0 amide bonds. The summed E-state index contributed by atoms with van der Waals surface area (Å²) >= 11 is 0. The molecule has 0 fully saturated rings. The van der Waals surface area contributed by atoms with Gasteiger partial charge >= 0.3 is 0 Å². The SMILES string of the molecule is CC(CN)(CO)c1c(F)cc(F)cc1F. The quantitative estimate of drug-likeness (QED) is 0.805. The molecule has 0 spiro atoms. The molecular weight excluding hydrogens is 207 g/mol. The van der Waals surface area contributed by atoms with Crippen LogP contribution in [0.4, 0.5) is 13.2 Å². The summed E-state index contributed by atoms with van der Waals surface area (Å²) in [7, 11) is 0. The molecular formula is C10H12F3NO. The van der Waals surface area contributed by atoms with Crippen molar-refractivity contribution >= 4 is 0 Å². The van der Waals surface area contributed by atoms with E-state index in [1.165, 1.54) is 6.92 Å². The second-order valence-corrected chi connectivity index (χ2v) is 3.67. The molecule has 0 bridgehead atoms. The molecule has 84 valence electrons. The molecule has 0 aliphatic carbocycles. The molecule has 0 aromatic heterocycles. The number of aliphatic hydroxyl groups is 1. The largest absolute Gasteiger partial charge is 0.395 e. The van der Waals surface area contributed by atoms with Crippen molar-refractivity contribution in [1.82, 2.24) is 0 Å². The summed E-state index contributed by atoms with van der Waals surface area (Å²) in [6.45, 7) is 0.762. The first-order valence-corrected chi connectivity index (χ1v) is 4.40. The molecule has 0 saturated carbocycles. The number of aliphatic hydroxyl groups excluding tert-OH is 1. The molecule has 1 aromatic carbocycles. The highest BCUT2D eigenvalue weighted by Crippen LogP contribution is 2.28. The van der Waals surface area contributed by atoms with Crippen LogP contribution in [-0.4, -0.2) is 18.3 Å². The Morgan fingerprint density at radius 3 is 2.07 bits per heavy atom. The van der Waals surface area contributed by atoms with Gasteiger partial charge in [-0.3, -0.25) is 0 Å². The van der Waals surface area contributed by atoms with Crippen LogP contribution >= 0.6 is 0 Å². The highest BCUT2D eigenvalue weighted by molar-refractivity contribution is 5.29. The van der Waals surface area contributed by atoms with Gasteiger partial charge in [-0.15, -0.1) is 0 Å². The normalized spacial score (nSPS) is 15.1. The minimum Gasteiger partial charge on any atom is -0.395 e. The van der Waals surface area contributed by atoms with E-state index in [-0.39, 0.29) is 12.1 Å². The standard InChI is InChI=1S/C10H12F3NO/c1-10(4-14,5-15)9-7(12)2-6(11)3-8(9)13/h2-3,15H,4-5,14H2,1H3. The predicted octanol–water partition coefficient (Wildman–Crippen LogP) is 1.31. The Morgan fingerprint density at radius 2 is 1.73 bits per heavy atom. The first kappa shape index (κ1) is 12.0. The lowest BCUT2D eigenvalue weighted by molar-refractivity contribution is 0.202. The Morgan fingerprint density at radius 1 is 1.27 bits per heavy atom. The molecule has 1 aromatic rings. The molecule has 2 nitrogen and oxygen atoms in total. The zero-order valence-electron chi connectivity index (χ0n) is 8.23. The van der Waals surface area contributed by atoms with E-state index in [0.29, 0.717) is 12.1 Å². The molecule has 0 aliphatic heterocycles. The molecule has 1 rings (SSSR count). The summed E-state index contributed by atoms with van der Waals surface area (Å²) in [6.07, 6.45) is 0. The van der Waals surface area contributed by atoms with E-state index >= 15 is 0 Å². The number of nitrogens with two attached hydrogens (primary N) is 1. The maximum absolute atomic E-state index is 13.3. The van der Waals surface area contributed by atoms with Crippen LogP contribution in [0.1, 0.15) is 12.5 Å². The molecule has 0 heterocycles. The van der Waals surface area contributed by atoms with E-state index in [4.69, 9.17) is 10.8 Å². The molecule has 1 atom stereocenters. The maximum Gasteiger partial charge on any atom is 0.132 e. The summed E-state index contributed by atoms with van der Waals surface area (Å²) in [5.74, 6) is -3.06. The lowest BCUT2D eigenvalue weighted by Gasteiger charge is -2.26. The Kier molecular flexibility index (Phi) is 3.36. The topological polar surface area (TPSA) is 46.2 Å².